The summed E-state index contributed by atoms with van der Waals surface area (Å²) in [4.78, 5) is 25.7. The first kappa shape index (κ1) is 23.8. The molecule has 1 atom stereocenters. The van der Waals surface area contributed by atoms with Crippen LogP contribution in [0.1, 0.15) is 30.4 Å². The topological polar surface area (TPSA) is 147 Å². The molecule has 37 heavy (non-hydrogen) atoms. The molecular weight excluding hydrogens is 480 g/mol. The van der Waals surface area contributed by atoms with E-state index in [0.29, 0.717) is 23.5 Å². The number of aromatic hydroxyl groups is 4. The minimum atomic E-state index is -0.918. The molecule has 0 aliphatic carbocycles. The number of fused-ring (bicyclic) bond motifs is 3. The van der Waals surface area contributed by atoms with Crippen LogP contribution >= 0.6 is 0 Å². The van der Waals surface area contributed by atoms with Crippen molar-refractivity contribution in [2.45, 2.75) is 19.3 Å². The summed E-state index contributed by atoms with van der Waals surface area (Å²) in [6.07, 6.45) is -0.0866. The molecule has 2 heterocycles. The van der Waals surface area contributed by atoms with Crippen molar-refractivity contribution in [2.75, 3.05) is 6.61 Å². The molecule has 0 bridgehead atoms. The van der Waals surface area contributed by atoms with Crippen LogP contribution in [0.3, 0.4) is 0 Å². The highest BCUT2D eigenvalue weighted by Gasteiger charge is 2.34. The van der Waals surface area contributed by atoms with Gasteiger partial charge in [0.25, 0.3) is 0 Å². The number of esters is 1. The van der Waals surface area contributed by atoms with E-state index < -0.39 is 40.3 Å². The zero-order valence-corrected chi connectivity index (χ0v) is 19.6. The quantitative estimate of drug-likeness (QED) is 0.132. The maximum Gasteiger partial charge on any atom is 0.312 e. The summed E-state index contributed by atoms with van der Waals surface area (Å²) >= 11 is 0. The van der Waals surface area contributed by atoms with Gasteiger partial charge in [-0.2, -0.15) is 0 Å². The number of phenols is 3. The zero-order valence-electron chi connectivity index (χ0n) is 19.6. The number of carbonyl (C=O) groups is 1. The predicted octanol–water partition coefficient (Wildman–Crippen LogP) is 4.68. The van der Waals surface area contributed by atoms with Crippen LogP contribution in [-0.2, 0) is 4.79 Å². The summed E-state index contributed by atoms with van der Waals surface area (Å²) in [6, 6.07) is 11.8. The van der Waals surface area contributed by atoms with E-state index in [9.17, 15) is 30.0 Å². The van der Waals surface area contributed by atoms with Crippen molar-refractivity contribution in [1.29, 1.82) is 0 Å². The summed E-state index contributed by atoms with van der Waals surface area (Å²) in [6.45, 7) is 5.96. The summed E-state index contributed by atoms with van der Waals surface area (Å²) < 4.78 is 17.1. The second-order valence-electron chi connectivity index (χ2n) is 8.87. The van der Waals surface area contributed by atoms with Crippen molar-refractivity contribution >= 4 is 16.9 Å². The molecule has 1 aliphatic heterocycles. The Hall–Kier alpha value is -4.92. The average Bonchev–Trinajstić information content (AvgIpc) is 2.85. The molecule has 9 nitrogen and oxygen atoms in total. The van der Waals surface area contributed by atoms with Crippen LogP contribution in [0.15, 0.2) is 69.9 Å². The van der Waals surface area contributed by atoms with Gasteiger partial charge >= 0.3 is 5.97 Å². The number of hydrogen-bond donors (Lipinski definition) is 4. The van der Waals surface area contributed by atoms with E-state index in [4.69, 9.17) is 13.9 Å². The molecule has 4 N–H and O–H groups in total. The highest BCUT2D eigenvalue weighted by molar-refractivity contribution is 5.94. The molecule has 0 fully saturated rings. The third-order valence-corrected chi connectivity index (χ3v) is 6.05. The third kappa shape index (κ3) is 4.20. The highest BCUT2D eigenvalue weighted by Crippen LogP contribution is 2.47. The van der Waals surface area contributed by atoms with E-state index in [1.54, 1.807) is 24.3 Å². The van der Waals surface area contributed by atoms with Gasteiger partial charge in [0.1, 0.15) is 34.8 Å². The van der Waals surface area contributed by atoms with Crippen molar-refractivity contribution in [3.05, 3.63) is 82.0 Å². The van der Waals surface area contributed by atoms with Gasteiger partial charge in [-0.15, -0.1) is 0 Å². The number of ether oxygens (including phenoxy) is 2. The van der Waals surface area contributed by atoms with Crippen LogP contribution in [-0.4, -0.2) is 33.0 Å². The van der Waals surface area contributed by atoms with Crippen LogP contribution in [0.25, 0.3) is 22.3 Å². The molecule has 3 aromatic carbocycles. The molecule has 4 aromatic rings. The fourth-order valence-electron chi connectivity index (χ4n) is 4.35. The average molecular weight is 502 g/mol. The van der Waals surface area contributed by atoms with E-state index in [1.165, 1.54) is 12.1 Å². The van der Waals surface area contributed by atoms with Crippen molar-refractivity contribution in [2.24, 2.45) is 0 Å². The zero-order chi connectivity index (χ0) is 26.4. The largest absolute Gasteiger partial charge is 0.507 e. The molecular formula is C28H22O9. The molecule has 1 aromatic heterocycles. The van der Waals surface area contributed by atoms with Crippen LogP contribution in [0.5, 0.6) is 34.5 Å². The van der Waals surface area contributed by atoms with Gasteiger partial charge in [0.2, 0.25) is 11.2 Å². The maximum absolute atomic E-state index is 13.2. The van der Waals surface area contributed by atoms with Gasteiger partial charge in [-0.3, -0.25) is 9.59 Å². The Balaban J connectivity index is 1.76. The van der Waals surface area contributed by atoms with Gasteiger partial charge in [-0.25, -0.2) is 0 Å². The first-order valence-corrected chi connectivity index (χ1v) is 11.3. The molecule has 1 aliphatic rings. The monoisotopic (exact) mass is 502 g/mol. The Labute approximate surface area is 210 Å². The Morgan fingerprint density at radius 1 is 1.03 bits per heavy atom. The Bertz CT molecular complexity index is 1650. The number of carbonyl (C=O) groups excluding carboxylic acids is 1. The lowest BCUT2D eigenvalue weighted by molar-refractivity contribution is -0.135. The summed E-state index contributed by atoms with van der Waals surface area (Å²) in [5.41, 5.74) is 0.912. The van der Waals surface area contributed by atoms with Crippen LogP contribution in [0, 0.1) is 0 Å². The molecule has 188 valence electrons. The first-order chi connectivity index (χ1) is 17.6. The number of benzene rings is 3. The second-order valence-corrected chi connectivity index (χ2v) is 8.87. The third-order valence-electron chi connectivity index (χ3n) is 6.05. The Kier molecular flexibility index (Phi) is 5.75. The molecule has 0 saturated heterocycles. The van der Waals surface area contributed by atoms with E-state index >= 15 is 0 Å². The number of phenolic OH excluding ortho intramolecular Hbond substituents is 3. The summed E-state index contributed by atoms with van der Waals surface area (Å²) in [5, 5.41) is 40.5. The van der Waals surface area contributed by atoms with Gasteiger partial charge in [0.05, 0.1) is 6.42 Å². The minimum Gasteiger partial charge on any atom is -0.507 e. The number of rotatable bonds is 5. The van der Waals surface area contributed by atoms with Gasteiger partial charge in [-0.1, -0.05) is 18.7 Å². The smallest absolute Gasteiger partial charge is 0.312 e. The molecule has 5 rings (SSSR count). The summed E-state index contributed by atoms with van der Waals surface area (Å²) in [5.74, 6) is -3.16. The lowest BCUT2D eigenvalue weighted by Gasteiger charge is -2.26. The lowest BCUT2D eigenvalue weighted by Crippen LogP contribution is -2.22. The van der Waals surface area contributed by atoms with Gasteiger partial charge in [0.15, 0.2) is 17.3 Å². The van der Waals surface area contributed by atoms with Gasteiger partial charge in [-0.05, 0) is 48.4 Å². The Morgan fingerprint density at radius 2 is 1.81 bits per heavy atom. The normalized spacial score (nSPS) is 14.7. The van der Waals surface area contributed by atoms with Crippen molar-refractivity contribution in [1.82, 2.24) is 0 Å². The molecule has 0 amide bonds. The molecule has 0 radical (unpaired) electrons. The lowest BCUT2D eigenvalue weighted by atomic mass is 9.85. The van der Waals surface area contributed by atoms with Gasteiger partial charge in [0, 0.05) is 23.1 Å². The number of hydrogen-bond acceptors (Lipinski definition) is 9. The fourth-order valence-corrected chi connectivity index (χ4v) is 4.35. The van der Waals surface area contributed by atoms with Crippen molar-refractivity contribution < 1.29 is 39.1 Å². The van der Waals surface area contributed by atoms with Crippen molar-refractivity contribution in [3.8, 4) is 45.8 Å². The van der Waals surface area contributed by atoms with Crippen LogP contribution < -0.4 is 14.9 Å². The van der Waals surface area contributed by atoms with Gasteiger partial charge < -0.3 is 34.3 Å². The van der Waals surface area contributed by atoms with Crippen LogP contribution in [0.4, 0.5) is 0 Å². The molecule has 0 unspecified atom stereocenters. The van der Waals surface area contributed by atoms with E-state index in [2.05, 4.69) is 6.58 Å². The Morgan fingerprint density at radius 3 is 2.54 bits per heavy atom. The molecule has 9 heteroatoms. The fraction of sp³-hybridized carbons (Fsp3) is 0.143. The maximum atomic E-state index is 13.2. The molecule has 0 spiro atoms. The summed E-state index contributed by atoms with van der Waals surface area (Å²) in [7, 11) is 0. The standard InChI is InChI=1S/C28H22O9/c1-13(2)12-35-16-5-3-4-14(8-16)17-10-22(32)36-21-11-20(31)24-25(33)26(34)27(37-28(24)23(17)21)15-6-7-18(29)19(30)9-15/h3-9,11,17,29-31,34H,1,10,12H2,2H3/t17-/m0/s1. The van der Waals surface area contributed by atoms with E-state index in [0.717, 1.165) is 17.7 Å². The molecule has 0 saturated carbocycles. The van der Waals surface area contributed by atoms with E-state index in [-0.39, 0.29) is 34.5 Å². The minimum absolute atomic E-state index is 0.00727. The predicted molar refractivity (Wildman–Crippen MR) is 133 cm³/mol. The highest BCUT2D eigenvalue weighted by atomic mass is 16.5. The first-order valence-electron chi connectivity index (χ1n) is 11.3. The van der Waals surface area contributed by atoms with Crippen molar-refractivity contribution in [3.63, 3.8) is 0 Å². The second kappa shape index (κ2) is 8.94. The van der Waals surface area contributed by atoms with Crippen LogP contribution in [0.2, 0.25) is 0 Å². The van der Waals surface area contributed by atoms with E-state index in [1.807, 2.05) is 6.92 Å². The SMILES string of the molecule is C=C(C)COc1cccc([C@@H]2CC(=O)Oc3cc(O)c4c(=O)c(O)c(-c5ccc(O)c(O)c5)oc4c32)c1.